The number of nitrogens with one attached hydrogen (secondary N) is 1. The Morgan fingerprint density at radius 1 is 1.32 bits per heavy atom. The van der Waals surface area contributed by atoms with Crippen LogP contribution in [0.4, 0.5) is 5.00 Å². The molecule has 1 amide bonds. The van der Waals surface area contributed by atoms with Crippen LogP contribution in [0.25, 0.3) is 0 Å². The van der Waals surface area contributed by atoms with Crippen LogP contribution in [0.5, 0.6) is 11.5 Å². The van der Waals surface area contributed by atoms with Crippen LogP contribution in [-0.2, 0) is 24.2 Å². The monoisotopic (exact) mass is 399 g/mol. The summed E-state index contributed by atoms with van der Waals surface area (Å²) in [5.74, 6) is 1.45. The van der Waals surface area contributed by atoms with Gasteiger partial charge in [-0.25, -0.2) is 0 Å². The number of anilines is 1. The summed E-state index contributed by atoms with van der Waals surface area (Å²) in [5.41, 5.74) is 2.82. The van der Waals surface area contributed by atoms with E-state index in [0.29, 0.717) is 30.1 Å². The van der Waals surface area contributed by atoms with E-state index in [1.807, 2.05) is 25.2 Å². The van der Waals surface area contributed by atoms with Crippen molar-refractivity contribution in [1.29, 1.82) is 5.26 Å². The van der Waals surface area contributed by atoms with Crippen molar-refractivity contribution in [2.45, 2.75) is 32.2 Å². The smallest absolute Gasteiger partial charge is 0.226 e. The molecule has 148 valence electrons. The number of carbonyl (C=O) groups excluding carboxylic acids is 1. The molecule has 2 aromatic rings. The molecule has 0 fully saturated rings. The molecule has 1 N–H and O–H groups in total. The minimum Gasteiger partial charge on any atom is -0.497 e. The van der Waals surface area contributed by atoms with E-state index in [4.69, 9.17) is 9.47 Å². The van der Waals surface area contributed by atoms with Crippen LogP contribution >= 0.6 is 11.3 Å². The third-order valence-electron chi connectivity index (χ3n) is 4.94. The summed E-state index contributed by atoms with van der Waals surface area (Å²) < 4.78 is 10.7. The van der Waals surface area contributed by atoms with Gasteiger partial charge in [0.25, 0.3) is 0 Å². The fraction of sp³-hybridized carbons (Fsp3) is 0.429. The highest BCUT2D eigenvalue weighted by Gasteiger charge is 2.23. The van der Waals surface area contributed by atoms with E-state index in [-0.39, 0.29) is 5.91 Å². The molecule has 0 saturated heterocycles. The number of amides is 1. The van der Waals surface area contributed by atoms with Gasteiger partial charge in [0.05, 0.1) is 19.8 Å². The number of rotatable bonds is 8. The molecule has 1 aromatic carbocycles. The molecule has 1 heterocycles. The Kier molecular flexibility index (Phi) is 6.55. The second-order valence-electron chi connectivity index (χ2n) is 6.89. The van der Waals surface area contributed by atoms with Gasteiger partial charge in [-0.3, -0.25) is 4.79 Å². The van der Waals surface area contributed by atoms with Crippen molar-refractivity contribution in [1.82, 2.24) is 4.90 Å². The van der Waals surface area contributed by atoms with Gasteiger partial charge in [0.1, 0.15) is 22.6 Å². The summed E-state index contributed by atoms with van der Waals surface area (Å²) in [7, 11) is 5.23. The molecule has 0 spiro atoms. The molecule has 0 unspecified atom stereocenters. The molecular formula is C21H25N3O3S. The zero-order chi connectivity index (χ0) is 20.1. The molecule has 28 heavy (non-hydrogen) atoms. The SMILES string of the molecule is COc1ccc(CN(C)CCC(=O)Nc2sc3c(c2C#N)CCC3)c(OC)c1. The number of carbonyl (C=O) groups is 1. The number of nitriles is 1. The number of ether oxygens (including phenoxy) is 2. The Morgan fingerprint density at radius 3 is 2.86 bits per heavy atom. The summed E-state index contributed by atoms with van der Waals surface area (Å²) in [6.45, 7) is 1.27. The molecular weight excluding hydrogens is 374 g/mol. The van der Waals surface area contributed by atoms with Crippen molar-refractivity contribution in [2.75, 3.05) is 33.1 Å². The van der Waals surface area contributed by atoms with Gasteiger partial charge in [-0.1, -0.05) is 6.07 Å². The normalized spacial score (nSPS) is 12.5. The molecule has 1 aliphatic carbocycles. The number of hydrogen-bond donors (Lipinski definition) is 1. The maximum atomic E-state index is 12.4. The molecule has 0 atom stereocenters. The topological polar surface area (TPSA) is 74.6 Å². The highest BCUT2D eigenvalue weighted by molar-refractivity contribution is 7.16. The number of aryl methyl sites for hydroxylation is 1. The van der Waals surface area contributed by atoms with E-state index in [1.54, 1.807) is 25.6 Å². The Balaban J connectivity index is 1.55. The average molecular weight is 400 g/mol. The van der Waals surface area contributed by atoms with E-state index in [1.165, 1.54) is 4.88 Å². The maximum Gasteiger partial charge on any atom is 0.226 e. The summed E-state index contributed by atoms with van der Waals surface area (Å²) in [5, 5.41) is 13.1. The maximum absolute atomic E-state index is 12.4. The van der Waals surface area contributed by atoms with Crippen LogP contribution in [-0.4, -0.2) is 38.6 Å². The van der Waals surface area contributed by atoms with Gasteiger partial charge >= 0.3 is 0 Å². The van der Waals surface area contributed by atoms with Crippen molar-refractivity contribution in [2.24, 2.45) is 0 Å². The van der Waals surface area contributed by atoms with Crippen molar-refractivity contribution in [3.05, 3.63) is 39.8 Å². The van der Waals surface area contributed by atoms with E-state index in [0.717, 1.165) is 41.9 Å². The van der Waals surface area contributed by atoms with E-state index in [2.05, 4.69) is 16.3 Å². The van der Waals surface area contributed by atoms with Gasteiger partial charge in [0, 0.05) is 36.0 Å². The third-order valence-corrected chi connectivity index (χ3v) is 6.15. The Labute approximate surface area is 169 Å². The zero-order valence-corrected chi connectivity index (χ0v) is 17.3. The lowest BCUT2D eigenvalue weighted by atomic mass is 10.1. The van der Waals surface area contributed by atoms with Gasteiger partial charge in [0.15, 0.2) is 0 Å². The molecule has 0 bridgehead atoms. The van der Waals surface area contributed by atoms with E-state index >= 15 is 0 Å². The van der Waals surface area contributed by atoms with Crippen LogP contribution in [0.15, 0.2) is 18.2 Å². The van der Waals surface area contributed by atoms with Gasteiger partial charge in [-0.15, -0.1) is 11.3 Å². The Morgan fingerprint density at radius 2 is 2.14 bits per heavy atom. The molecule has 0 radical (unpaired) electrons. The fourth-order valence-electron chi connectivity index (χ4n) is 3.44. The first-order valence-electron chi connectivity index (χ1n) is 9.29. The standard InChI is InChI=1S/C21H25N3O3S/c1-24(13-14-7-8-15(26-2)11-18(14)27-3)10-9-20(25)23-21-17(12-22)16-5-4-6-19(16)28-21/h7-8,11H,4-6,9-10,13H2,1-3H3,(H,23,25). The van der Waals surface area contributed by atoms with E-state index in [9.17, 15) is 10.1 Å². The van der Waals surface area contributed by atoms with Crippen molar-refractivity contribution in [3.63, 3.8) is 0 Å². The molecule has 0 saturated carbocycles. The highest BCUT2D eigenvalue weighted by Crippen LogP contribution is 2.38. The number of nitrogens with zero attached hydrogens (tertiary/aromatic N) is 2. The minimum atomic E-state index is -0.0648. The number of hydrogen-bond acceptors (Lipinski definition) is 6. The number of benzene rings is 1. The lowest BCUT2D eigenvalue weighted by molar-refractivity contribution is -0.116. The van der Waals surface area contributed by atoms with Crippen molar-refractivity contribution in [3.8, 4) is 17.6 Å². The number of fused-ring (bicyclic) bond motifs is 1. The van der Waals surface area contributed by atoms with Crippen LogP contribution < -0.4 is 14.8 Å². The Bertz CT molecular complexity index is 901. The van der Waals surface area contributed by atoms with Gasteiger partial charge in [-0.05, 0) is 37.9 Å². The predicted molar refractivity (Wildman–Crippen MR) is 110 cm³/mol. The van der Waals surface area contributed by atoms with Crippen molar-refractivity contribution >= 4 is 22.2 Å². The van der Waals surface area contributed by atoms with E-state index < -0.39 is 0 Å². The largest absolute Gasteiger partial charge is 0.497 e. The van der Waals surface area contributed by atoms with Crippen LogP contribution in [0.2, 0.25) is 0 Å². The lowest BCUT2D eigenvalue weighted by Gasteiger charge is -2.18. The average Bonchev–Trinajstić information content (AvgIpc) is 3.27. The molecule has 6 nitrogen and oxygen atoms in total. The van der Waals surface area contributed by atoms with Gasteiger partial charge < -0.3 is 19.7 Å². The second kappa shape index (κ2) is 9.09. The first kappa shape index (κ1) is 20.2. The van der Waals surface area contributed by atoms with Crippen LogP contribution in [0, 0.1) is 11.3 Å². The highest BCUT2D eigenvalue weighted by atomic mass is 32.1. The molecule has 3 rings (SSSR count). The summed E-state index contributed by atoms with van der Waals surface area (Å²) in [6.07, 6.45) is 3.42. The van der Waals surface area contributed by atoms with Crippen molar-refractivity contribution < 1.29 is 14.3 Å². The first-order chi connectivity index (χ1) is 13.5. The summed E-state index contributed by atoms with van der Waals surface area (Å²) in [6, 6.07) is 7.99. The molecule has 1 aliphatic rings. The Hall–Kier alpha value is -2.56. The minimum absolute atomic E-state index is 0.0648. The predicted octanol–water partition coefficient (Wildman–Crippen LogP) is 3.59. The lowest BCUT2D eigenvalue weighted by Crippen LogP contribution is -2.24. The summed E-state index contributed by atoms with van der Waals surface area (Å²) >= 11 is 1.55. The fourth-order valence-corrected chi connectivity index (χ4v) is 4.70. The quantitative estimate of drug-likeness (QED) is 0.734. The summed E-state index contributed by atoms with van der Waals surface area (Å²) in [4.78, 5) is 15.7. The van der Waals surface area contributed by atoms with Gasteiger partial charge in [0.2, 0.25) is 5.91 Å². The van der Waals surface area contributed by atoms with Crippen LogP contribution in [0.1, 0.15) is 34.4 Å². The molecule has 0 aliphatic heterocycles. The first-order valence-corrected chi connectivity index (χ1v) is 10.1. The second-order valence-corrected chi connectivity index (χ2v) is 7.99. The number of thiophene rings is 1. The molecule has 7 heteroatoms. The zero-order valence-electron chi connectivity index (χ0n) is 16.5. The molecule has 1 aromatic heterocycles. The van der Waals surface area contributed by atoms with Crippen LogP contribution in [0.3, 0.4) is 0 Å². The number of methoxy groups -OCH3 is 2. The third kappa shape index (κ3) is 4.46. The van der Waals surface area contributed by atoms with Gasteiger partial charge in [-0.2, -0.15) is 5.26 Å².